The minimum atomic E-state index is -0.424. The maximum absolute atomic E-state index is 11.3. The van der Waals surface area contributed by atoms with Crippen molar-refractivity contribution in [3.8, 4) is 0 Å². The van der Waals surface area contributed by atoms with Gasteiger partial charge in [0.15, 0.2) is 0 Å². The number of esters is 2. The van der Waals surface area contributed by atoms with Crippen molar-refractivity contribution >= 4 is 11.9 Å². The van der Waals surface area contributed by atoms with Gasteiger partial charge >= 0.3 is 11.9 Å². The third-order valence-electron chi connectivity index (χ3n) is 4.56. The minimum absolute atomic E-state index is 0.260. The molecule has 0 aliphatic heterocycles. The summed E-state index contributed by atoms with van der Waals surface area (Å²) in [7, 11) is 0. The van der Waals surface area contributed by atoms with Crippen LogP contribution in [0.25, 0.3) is 0 Å². The van der Waals surface area contributed by atoms with Gasteiger partial charge in [0, 0.05) is 19.4 Å². The van der Waals surface area contributed by atoms with E-state index in [-0.39, 0.29) is 12.4 Å². The summed E-state index contributed by atoms with van der Waals surface area (Å²) in [5.41, 5.74) is 0. The Balaban J connectivity index is 3.12. The topological polar surface area (TPSA) is 63.6 Å². The molecule has 0 aliphatic carbocycles. The quantitative estimate of drug-likeness (QED) is 0.194. The van der Waals surface area contributed by atoms with E-state index in [1.165, 1.54) is 77.0 Å². The van der Waals surface area contributed by atoms with Crippen LogP contribution in [-0.4, -0.2) is 23.7 Å². The van der Waals surface area contributed by atoms with Crippen LogP contribution in [0, 0.1) is 0 Å². The van der Waals surface area contributed by atoms with Gasteiger partial charge in [-0.1, -0.05) is 90.4 Å². The molecule has 148 valence electrons. The summed E-state index contributed by atoms with van der Waals surface area (Å²) < 4.78 is 4.64. The van der Waals surface area contributed by atoms with E-state index in [9.17, 15) is 9.59 Å². The smallest absolute Gasteiger partial charge is 0.313 e. The molecule has 0 heterocycles. The summed E-state index contributed by atoms with van der Waals surface area (Å²) in [6.45, 7) is 2.03. The van der Waals surface area contributed by atoms with Crippen LogP contribution in [0.4, 0.5) is 0 Å². The highest BCUT2D eigenvalue weighted by Gasteiger charge is 2.07. The van der Waals surface area contributed by atoms with E-state index in [1.54, 1.807) is 6.92 Å². The predicted molar refractivity (Wildman–Crippen MR) is 102 cm³/mol. The van der Waals surface area contributed by atoms with E-state index in [1.807, 2.05) is 0 Å². The Morgan fingerprint density at radius 3 is 1.32 bits per heavy atom. The number of hydrogen-bond acceptors (Lipinski definition) is 4. The summed E-state index contributed by atoms with van der Waals surface area (Å²) >= 11 is 0. The molecule has 0 aromatic heterocycles. The van der Waals surface area contributed by atoms with E-state index < -0.39 is 5.97 Å². The molecule has 0 aliphatic rings. The lowest BCUT2D eigenvalue weighted by molar-refractivity contribution is -0.159. The molecule has 0 amide bonds. The van der Waals surface area contributed by atoms with Gasteiger partial charge in [-0.05, 0) is 12.8 Å². The van der Waals surface area contributed by atoms with Crippen LogP contribution >= 0.6 is 0 Å². The second-order valence-corrected chi connectivity index (χ2v) is 6.98. The second kappa shape index (κ2) is 19.4. The van der Waals surface area contributed by atoms with E-state index in [0.29, 0.717) is 13.0 Å². The van der Waals surface area contributed by atoms with E-state index in [4.69, 9.17) is 5.11 Å². The number of carbonyl (C=O) groups is 2. The normalized spacial score (nSPS) is 10.8. The summed E-state index contributed by atoms with van der Waals surface area (Å²) in [5, 5.41) is 8.70. The number of hydrogen-bond donors (Lipinski definition) is 1. The lowest BCUT2D eigenvalue weighted by atomic mass is 10.0. The van der Waals surface area contributed by atoms with Crippen LogP contribution in [0.1, 0.15) is 116 Å². The Morgan fingerprint density at radius 2 is 0.960 bits per heavy atom. The summed E-state index contributed by atoms with van der Waals surface area (Å²) in [6, 6.07) is 0. The molecule has 0 spiro atoms. The third kappa shape index (κ3) is 19.3. The van der Waals surface area contributed by atoms with E-state index in [2.05, 4.69) is 4.74 Å². The zero-order valence-corrected chi connectivity index (χ0v) is 16.4. The van der Waals surface area contributed by atoms with Crippen molar-refractivity contribution in [2.24, 2.45) is 0 Å². The Hall–Kier alpha value is -0.900. The first-order chi connectivity index (χ1) is 12.2. The lowest BCUT2D eigenvalue weighted by Gasteiger charge is -2.04. The molecule has 0 aromatic carbocycles. The fraction of sp³-hybridized carbons (Fsp3) is 0.905. The van der Waals surface area contributed by atoms with Crippen LogP contribution < -0.4 is 0 Å². The Kier molecular flexibility index (Phi) is 18.7. The molecule has 0 fully saturated rings. The summed E-state index contributed by atoms with van der Waals surface area (Å²) in [6.07, 6.45) is 19.0. The molecule has 0 aromatic rings. The predicted octanol–water partition coefficient (Wildman–Crippen LogP) is 5.70. The fourth-order valence-corrected chi connectivity index (χ4v) is 2.93. The van der Waals surface area contributed by atoms with Crippen molar-refractivity contribution < 1.29 is 19.4 Å². The van der Waals surface area contributed by atoms with E-state index in [0.717, 1.165) is 19.3 Å². The molecule has 4 heteroatoms. The standard InChI is InChI=1S/C21H40O4/c1-2-20(23)25-21(24)18-16-14-12-10-8-6-4-3-5-7-9-11-13-15-17-19-22/h22H,2-19H2,1H3. The van der Waals surface area contributed by atoms with Crippen LogP contribution in [0.2, 0.25) is 0 Å². The zero-order valence-electron chi connectivity index (χ0n) is 16.4. The van der Waals surface area contributed by atoms with Crippen molar-refractivity contribution in [3.05, 3.63) is 0 Å². The van der Waals surface area contributed by atoms with Gasteiger partial charge in [0.25, 0.3) is 0 Å². The molecule has 0 radical (unpaired) electrons. The Labute approximate surface area is 154 Å². The summed E-state index contributed by atoms with van der Waals surface area (Å²) in [5.74, 6) is -0.799. The molecule has 0 saturated carbocycles. The highest BCUT2D eigenvalue weighted by Crippen LogP contribution is 2.13. The van der Waals surface area contributed by atoms with Crippen molar-refractivity contribution in [1.29, 1.82) is 0 Å². The number of aliphatic hydroxyl groups excluding tert-OH is 1. The monoisotopic (exact) mass is 356 g/mol. The minimum Gasteiger partial charge on any atom is -0.396 e. The van der Waals surface area contributed by atoms with Gasteiger partial charge < -0.3 is 9.84 Å². The molecule has 0 unspecified atom stereocenters. The number of ether oxygens (including phenoxy) is 1. The first-order valence-electron chi connectivity index (χ1n) is 10.5. The number of unbranched alkanes of at least 4 members (excludes halogenated alkanes) is 14. The van der Waals surface area contributed by atoms with Crippen molar-refractivity contribution in [2.75, 3.05) is 6.61 Å². The first kappa shape index (κ1) is 24.1. The van der Waals surface area contributed by atoms with Gasteiger partial charge in [-0.3, -0.25) is 9.59 Å². The van der Waals surface area contributed by atoms with Gasteiger partial charge in [-0.2, -0.15) is 0 Å². The molecule has 0 atom stereocenters. The van der Waals surface area contributed by atoms with Gasteiger partial charge in [-0.15, -0.1) is 0 Å². The molecule has 1 N–H and O–H groups in total. The molecular weight excluding hydrogens is 316 g/mol. The maximum Gasteiger partial charge on any atom is 0.313 e. The van der Waals surface area contributed by atoms with Gasteiger partial charge in [0.1, 0.15) is 0 Å². The maximum atomic E-state index is 11.3. The zero-order chi connectivity index (χ0) is 18.6. The second-order valence-electron chi connectivity index (χ2n) is 6.98. The molecule has 25 heavy (non-hydrogen) atoms. The van der Waals surface area contributed by atoms with Crippen LogP contribution in [0.15, 0.2) is 0 Å². The number of carbonyl (C=O) groups excluding carboxylic acids is 2. The Morgan fingerprint density at radius 1 is 0.600 bits per heavy atom. The van der Waals surface area contributed by atoms with Crippen LogP contribution in [0.5, 0.6) is 0 Å². The van der Waals surface area contributed by atoms with Crippen LogP contribution in [0.3, 0.4) is 0 Å². The van der Waals surface area contributed by atoms with Crippen molar-refractivity contribution in [3.63, 3.8) is 0 Å². The third-order valence-corrected chi connectivity index (χ3v) is 4.56. The first-order valence-corrected chi connectivity index (χ1v) is 10.5. The van der Waals surface area contributed by atoms with Crippen LogP contribution in [-0.2, 0) is 14.3 Å². The Bertz CT molecular complexity index is 315. The fourth-order valence-electron chi connectivity index (χ4n) is 2.93. The van der Waals surface area contributed by atoms with Gasteiger partial charge in [0.05, 0.1) is 0 Å². The molecule has 0 saturated heterocycles. The van der Waals surface area contributed by atoms with Crippen molar-refractivity contribution in [2.45, 2.75) is 116 Å². The van der Waals surface area contributed by atoms with Gasteiger partial charge in [-0.25, -0.2) is 0 Å². The highest BCUT2D eigenvalue weighted by atomic mass is 16.6. The van der Waals surface area contributed by atoms with Crippen molar-refractivity contribution in [1.82, 2.24) is 0 Å². The summed E-state index contributed by atoms with van der Waals surface area (Å²) in [4.78, 5) is 22.2. The number of rotatable bonds is 18. The SMILES string of the molecule is CCC(=O)OC(=O)CCCCCCCCCCCCCCCCCO. The molecule has 0 bridgehead atoms. The average molecular weight is 357 g/mol. The highest BCUT2D eigenvalue weighted by molar-refractivity contribution is 5.85. The largest absolute Gasteiger partial charge is 0.396 e. The number of aliphatic hydroxyl groups is 1. The lowest BCUT2D eigenvalue weighted by Crippen LogP contribution is -2.10. The molecule has 0 rings (SSSR count). The molecular formula is C21H40O4. The van der Waals surface area contributed by atoms with E-state index >= 15 is 0 Å². The van der Waals surface area contributed by atoms with Gasteiger partial charge in [0.2, 0.25) is 0 Å². The molecule has 4 nitrogen and oxygen atoms in total. The average Bonchev–Trinajstić information content (AvgIpc) is 2.61.